The van der Waals surface area contributed by atoms with Crippen LogP contribution in [-0.4, -0.2) is 43.4 Å². The van der Waals surface area contributed by atoms with Crippen LogP contribution in [0, 0.1) is 11.3 Å². The van der Waals surface area contributed by atoms with Crippen LogP contribution in [0.4, 0.5) is 5.00 Å². The third-order valence-corrected chi connectivity index (χ3v) is 9.29. The van der Waals surface area contributed by atoms with Crippen molar-refractivity contribution in [2.45, 2.75) is 37.6 Å². The molecular weight excluding hydrogens is 583 g/mol. The quantitative estimate of drug-likeness (QED) is 0.148. The van der Waals surface area contributed by atoms with Crippen LogP contribution >= 0.6 is 23.1 Å². The summed E-state index contributed by atoms with van der Waals surface area (Å²) in [6.07, 6.45) is 3.74. The molecule has 0 spiro atoms. The fourth-order valence-electron chi connectivity index (χ4n) is 5.09. The molecule has 0 radical (unpaired) electrons. The summed E-state index contributed by atoms with van der Waals surface area (Å²) in [7, 11) is 3.13. The number of hydrogen-bond donors (Lipinski definition) is 1. The molecule has 0 saturated carbocycles. The number of thiophene rings is 1. The monoisotopic (exact) mass is 613 g/mol. The van der Waals surface area contributed by atoms with Crippen molar-refractivity contribution in [1.29, 1.82) is 5.26 Å². The van der Waals surface area contributed by atoms with E-state index in [-0.39, 0.29) is 18.3 Å². The normalized spacial score (nSPS) is 12.1. The molecule has 43 heavy (non-hydrogen) atoms. The van der Waals surface area contributed by atoms with E-state index in [1.54, 1.807) is 27.2 Å². The van der Waals surface area contributed by atoms with Crippen LogP contribution < -0.4 is 14.8 Å². The lowest BCUT2D eigenvalue weighted by Crippen LogP contribution is -2.17. The highest BCUT2D eigenvalue weighted by Gasteiger charge is 2.27. The summed E-state index contributed by atoms with van der Waals surface area (Å²) in [6, 6.07) is 19.3. The first-order valence-corrected chi connectivity index (χ1v) is 15.7. The number of fused-ring (bicyclic) bond motifs is 1. The van der Waals surface area contributed by atoms with E-state index < -0.39 is 5.97 Å². The molecule has 0 saturated heterocycles. The van der Waals surface area contributed by atoms with E-state index in [0.29, 0.717) is 43.9 Å². The van der Waals surface area contributed by atoms with Gasteiger partial charge in [-0.15, -0.1) is 11.3 Å². The first-order valence-electron chi connectivity index (χ1n) is 13.9. The van der Waals surface area contributed by atoms with E-state index in [2.05, 4.69) is 11.4 Å². The summed E-state index contributed by atoms with van der Waals surface area (Å²) in [4.78, 5) is 32.1. The number of thioether (sulfide) groups is 1. The van der Waals surface area contributed by atoms with E-state index in [1.807, 2.05) is 48.5 Å². The Balaban J connectivity index is 1.48. The molecule has 1 aliphatic rings. The number of methoxy groups -OCH3 is 2. The van der Waals surface area contributed by atoms with Gasteiger partial charge in [0, 0.05) is 16.0 Å². The smallest absolute Gasteiger partial charge is 0.341 e. The molecule has 0 bridgehead atoms. The van der Waals surface area contributed by atoms with Gasteiger partial charge in [0.1, 0.15) is 16.1 Å². The number of nitriles is 1. The van der Waals surface area contributed by atoms with Gasteiger partial charge in [-0.1, -0.05) is 48.2 Å². The number of ether oxygens (including phenoxy) is 3. The van der Waals surface area contributed by atoms with Crippen LogP contribution in [0.5, 0.6) is 11.5 Å². The predicted octanol–water partition coefficient (Wildman–Crippen LogP) is 7.15. The Kier molecular flexibility index (Phi) is 9.65. The molecule has 5 rings (SSSR count). The Morgan fingerprint density at radius 1 is 1.02 bits per heavy atom. The Morgan fingerprint density at radius 3 is 2.51 bits per heavy atom. The van der Waals surface area contributed by atoms with Crippen LogP contribution in [0.3, 0.4) is 0 Å². The molecule has 2 aromatic carbocycles. The van der Waals surface area contributed by atoms with Gasteiger partial charge in [0.15, 0.2) is 11.5 Å². The number of nitrogens with one attached hydrogen (secondary N) is 1. The summed E-state index contributed by atoms with van der Waals surface area (Å²) in [5.74, 6) is 0.402. The Morgan fingerprint density at radius 2 is 1.79 bits per heavy atom. The standard InChI is InChI=1S/C33H31N3O5S2/c1-4-41-33(38)30-22-12-8-9-13-28(22)43-32(30)36-29(37)19-42-31-24(18-34)23(17-25(35-31)20-10-6-5-7-11-20)21-14-15-26(39-2)27(16-21)40-3/h5-7,10-11,14-17H,4,8-9,12-13,19H2,1-3H3,(H,36,37). The number of amides is 1. The van der Waals surface area contributed by atoms with Crippen LogP contribution in [0.25, 0.3) is 22.4 Å². The van der Waals surface area contributed by atoms with Crippen LogP contribution in [0.2, 0.25) is 0 Å². The van der Waals surface area contributed by atoms with Crippen molar-refractivity contribution in [2.75, 3.05) is 31.9 Å². The average molecular weight is 614 g/mol. The topological polar surface area (TPSA) is 111 Å². The molecule has 10 heteroatoms. The van der Waals surface area contributed by atoms with Crippen molar-refractivity contribution in [3.63, 3.8) is 0 Å². The van der Waals surface area contributed by atoms with Crippen molar-refractivity contribution < 1.29 is 23.8 Å². The fourth-order valence-corrected chi connectivity index (χ4v) is 7.19. The Labute approximate surface area is 259 Å². The molecule has 2 aromatic heterocycles. The minimum Gasteiger partial charge on any atom is -0.493 e. The van der Waals surface area contributed by atoms with Gasteiger partial charge in [-0.2, -0.15) is 5.26 Å². The summed E-state index contributed by atoms with van der Waals surface area (Å²) in [5.41, 5.74) is 4.77. The summed E-state index contributed by atoms with van der Waals surface area (Å²) >= 11 is 2.63. The highest BCUT2D eigenvalue weighted by Crippen LogP contribution is 2.40. The first kappa shape index (κ1) is 30.1. The predicted molar refractivity (Wildman–Crippen MR) is 169 cm³/mol. The van der Waals surface area contributed by atoms with E-state index in [9.17, 15) is 14.9 Å². The number of aromatic nitrogens is 1. The van der Waals surface area contributed by atoms with Gasteiger partial charge in [0.05, 0.1) is 43.4 Å². The number of esters is 1. The Hall–Kier alpha value is -4.33. The van der Waals surface area contributed by atoms with Gasteiger partial charge < -0.3 is 19.5 Å². The molecule has 220 valence electrons. The van der Waals surface area contributed by atoms with Gasteiger partial charge in [-0.25, -0.2) is 9.78 Å². The van der Waals surface area contributed by atoms with Gasteiger partial charge in [-0.05, 0) is 61.9 Å². The Bertz CT molecular complexity index is 1700. The highest BCUT2D eigenvalue weighted by atomic mass is 32.2. The van der Waals surface area contributed by atoms with Crippen molar-refractivity contribution in [3.05, 3.63) is 76.2 Å². The molecule has 2 heterocycles. The highest BCUT2D eigenvalue weighted by molar-refractivity contribution is 8.00. The van der Waals surface area contributed by atoms with Crippen LogP contribution in [-0.2, 0) is 22.4 Å². The third kappa shape index (κ3) is 6.53. The van der Waals surface area contributed by atoms with E-state index >= 15 is 0 Å². The number of anilines is 1. The lowest BCUT2D eigenvalue weighted by Gasteiger charge is -2.14. The SMILES string of the molecule is CCOC(=O)c1c(NC(=O)CSc2nc(-c3ccccc3)cc(-c3ccc(OC)c(OC)c3)c2C#N)sc2c1CCCC2. The van der Waals surface area contributed by atoms with E-state index in [0.717, 1.165) is 47.3 Å². The van der Waals surface area contributed by atoms with Crippen molar-refractivity contribution in [2.24, 2.45) is 0 Å². The zero-order valence-corrected chi connectivity index (χ0v) is 25.8. The van der Waals surface area contributed by atoms with Crippen molar-refractivity contribution in [3.8, 4) is 40.0 Å². The maximum Gasteiger partial charge on any atom is 0.341 e. The molecule has 0 unspecified atom stereocenters. The first-order chi connectivity index (χ1) is 21.0. The van der Waals surface area contributed by atoms with Gasteiger partial charge in [0.25, 0.3) is 0 Å². The minimum atomic E-state index is -0.409. The second-order valence-electron chi connectivity index (χ2n) is 9.76. The summed E-state index contributed by atoms with van der Waals surface area (Å²) < 4.78 is 16.2. The zero-order valence-electron chi connectivity index (χ0n) is 24.2. The lowest BCUT2D eigenvalue weighted by atomic mass is 9.95. The molecule has 1 aliphatic carbocycles. The molecule has 0 fully saturated rings. The van der Waals surface area contributed by atoms with Gasteiger partial charge in [0.2, 0.25) is 5.91 Å². The third-order valence-electron chi connectivity index (χ3n) is 7.11. The second-order valence-corrected chi connectivity index (χ2v) is 11.8. The molecule has 1 amide bonds. The van der Waals surface area contributed by atoms with E-state index in [1.165, 1.54) is 23.1 Å². The molecule has 0 aliphatic heterocycles. The molecular formula is C33H31N3O5S2. The number of carbonyl (C=O) groups excluding carboxylic acids is 2. The van der Waals surface area contributed by atoms with Gasteiger partial charge >= 0.3 is 5.97 Å². The number of benzene rings is 2. The minimum absolute atomic E-state index is 0.00384. The molecule has 4 aromatic rings. The summed E-state index contributed by atoms with van der Waals surface area (Å²) in [5, 5.41) is 14.2. The van der Waals surface area contributed by atoms with Crippen molar-refractivity contribution in [1.82, 2.24) is 4.98 Å². The molecule has 1 N–H and O–H groups in total. The van der Waals surface area contributed by atoms with Crippen molar-refractivity contribution >= 4 is 40.0 Å². The lowest BCUT2D eigenvalue weighted by molar-refractivity contribution is -0.113. The van der Waals surface area contributed by atoms with E-state index in [4.69, 9.17) is 19.2 Å². The number of hydrogen-bond acceptors (Lipinski definition) is 9. The maximum absolute atomic E-state index is 13.3. The van der Waals surface area contributed by atoms with Gasteiger partial charge in [-0.3, -0.25) is 4.79 Å². The summed E-state index contributed by atoms with van der Waals surface area (Å²) in [6.45, 7) is 2.03. The molecule has 0 atom stereocenters. The maximum atomic E-state index is 13.3. The number of carbonyl (C=O) groups is 2. The largest absolute Gasteiger partial charge is 0.493 e. The second kappa shape index (κ2) is 13.8. The number of rotatable bonds is 10. The number of pyridine rings is 1. The number of nitrogens with zero attached hydrogens (tertiary/aromatic N) is 2. The molecule has 8 nitrogen and oxygen atoms in total. The van der Waals surface area contributed by atoms with Crippen LogP contribution in [0.1, 0.15) is 46.1 Å². The zero-order chi connectivity index (χ0) is 30.3. The fraction of sp³-hybridized carbons (Fsp3) is 0.273. The average Bonchev–Trinajstić information content (AvgIpc) is 3.41. The van der Waals surface area contributed by atoms with Crippen LogP contribution in [0.15, 0.2) is 59.6 Å². The number of aryl methyl sites for hydroxylation is 1.